The highest BCUT2D eigenvalue weighted by atomic mass is 79.9. The van der Waals surface area contributed by atoms with E-state index in [9.17, 15) is 14.4 Å². The van der Waals surface area contributed by atoms with Crippen LogP contribution in [0.1, 0.15) is 27.7 Å². The predicted octanol–water partition coefficient (Wildman–Crippen LogP) is 0.482. The molecule has 0 bridgehead atoms. The van der Waals surface area contributed by atoms with Crippen LogP contribution in [0.3, 0.4) is 0 Å². The summed E-state index contributed by atoms with van der Waals surface area (Å²) in [5.41, 5.74) is 6.05. The van der Waals surface area contributed by atoms with Crippen molar-refractivity contribution in [3.63, 3.8) is 0 Å². The monoisotopic (exact) mass is 419 g/mol. The summed E-state index contributed by atoms with van der Waals surface area (Å²) in [6.07, 6.45) is -0.693. The topological polar surface area (TPSA) is 117 Å². The molecule has 0 saturated carbocycles. The first kappa shape index (κ1) is 21.2. The Morgan fingerprint density at radius 1 is 1.32 bits per heavy atom. The molecule has 142 valence electrons. The van der Waals surface area contributed by atoms with Crippen LogP contribution in [-0.2, 0) is 14.3 Å². The Morgan fingerprint density at radius 3 is 2.36 bits per heavy atom. The number of carbonyl (C=O) groups is 3. The number of carbonyl (C=O) groups excluding carboxylic acids is 3. The van der Waals surface area contributed by atoms with Gasteiger partial charge >= 0.3 is 6.09 Å². The Kier molecular flexibility index (Phi) is 7.65. The second-order valence-corrected chi connectivity index (χ2v) is 7.52. The van der Waals surface area contributed by atoms with Crippen molar-refractivity contribution in [1.82, 2.24) is 15.1 Å². The molecule has 0 radical (unpaired) electrons. The Labute approximate surface area is 156 Å². The number of hydrogen-bond acceptors (Lipinski definition) is 5. The molecule has 9 nitrogen and oxygen atoms in total. The normalized spacial score (nSPS) is 20.4. The highest BCUT2D eigenvalue weighted by Gasteiger charge is 2.41. The number of alkyl carbamates (subject to hydrolysis) is 1. The Balaban J connectivity index is 3.11. The van der Waals surface area contributed by atoms with E-state index in [0.717, 1.165) is 0 Å². The Bertz CT molecular complexity index is 552. The lowest BCUT2D eigenvalue weighted by atomic mass is 10.0. The van der Waals surface area contributed by atoms with E-state index < -0.39 is 18.2 Å². The molecule has 1 heterocycles. The van der Waals surface area contributed by atoms with E-state index in [-0.39, 0.29) is 41.7 Å². The number of ether oxygens (including phenoxy) is 1. The van der Waals surface area contributed by atoms with Crippen molar-refractivity contribution in [2.45, 2.75) is 44.7 Å². The van der Waals surface area contributed by atoms with Crippen LogP contribution < -0.4 is 11.1 Å². The summed E-state index contributed by atoms with van der Waals surface area (Å²) in [6, 6.07) is -1.34. The molecule has 10 heteroatoms. The fraction of sp³-hybridized carbons (Fsp3) is 0.733. The number of alkyl halides is 1. The Hall–Kier alpha value is -1.84. The number of hydrogen-bond donors (Lipinski definition) is 2. The first-order valence-corrected chi connectivity index (χ1v) is 8.87. The number of halogens is 1. The van der Waals surface area contributed by atoms with Crippen molar-refractivity contribution in [2.75, 3.05) is 20.3 Å². The van der Waals surface area contributed by atoms with E-state index in [1.165, 1.54) is 23.8 Å². The van der Waals surface area contributed by atoms with E-state index in [1.54, 1.807) is 6.92 Å². The predicted molar refractivity (Wildman–Crippen MR) is 97.1 cm³/mol. The molecule has 25 heavy (non-hydrogen) atoms. The lowest BCUT2D eigenvalue weighted by molar-refractivity contribution is -0.136. The van der Waals surface area contributed by atoms with Gasteiger partial charge in [-0.3, -0.25) is 14.6 Å². The van der Waals surface area contributed by atoms with Crippen molar-refractivity contribution in [2.24, 2.45) is 16.6 Å². The second-order valence-electron chi connectivity index (χ2n) is 6.19. The molecule has 1 aliphatic heterocycles. The average Bonchev–Trinajstić information content (AvgIpc) is 2.96. The number of rotatable bonds is 5. The van der Waals surface area contributed by atoms with Crippen molar-refractivity contribution in [1.29, 1.82) is 0 Å². The van der Waals surface area contributed by atoms with Crippen LogP contribution in [0.25, 0.3) is 0 Å². The molecule has 1 aliphatic rings. The Morgan fingerprint density at radius 2 is 1.92 bits per heavy atom. The number of nitrogens with two attached hydrogens (primary N) is 1. The van der Waals surface area contributed by atoms with Gasteiger partial charge in [0.2, 0.25) is 11.8 Å². The third-order valence-electron chi connectivity index (χ3n) is 3.88. The number of amides is 3. The van der Waals surface area contributed by atoms with Gasteiger partial charge in [0.05, 0.1) is 20.3 Å². The fourth-order valence-corrected chi connectivity index (χ4v) is 2.76. The van der Waals surface area contributed by atoms with Crippen LogP contribution in [0.2, 0.25) is 0 Å². The number of methoxy groups -OCH3 is 1. The zero-order valence-corrected chi connectivity index (χ0v) is 16.7. The molecule has 1 unspecified atom stereocenters. The first-order valence-electron chi connectivity index (χ1n) is 7.96. The first-order chi connectivity index (χ1) is 11.6. The summed E-state index contributed by atoms with van der Waals surface area (Å²) in [7, 11) is 1.23. The summed E-state index contributed by atoms with van der Waals surface area (Å²) in [5.74, 6) is -0.425. The molecule has 0 aromatic heterocycles. The highest BCUT2D eigenvalue weighted by molar-refractivity contribution is 9.09. The molecule has 0 aromatic carbocycles. The van der Waals surface area contributed by atoms with Crippen LogP contribution in [0.15, 0.2) is 4.99 Å². The number of amidine groups is 1. The molecule has 0 aliphatic carbocycles. The second kappa shape index (κ2) is 9.02. The minimum absolute atomic E-state index is 0.0950. The molecule has 0 aromatic rings. The van der Waals surface area contributed by atoms with E-state index >= 15 is 0 Å². The van der Waals surface area contributed by atoms with Crippen molar-refractivity contribution in [3.05, 3.63) is 0 Å². The van der Waals surface area contributed by atoms with Crippen LogP contribution in [0.4, 0.5) is 4.79 Å². The maximum Gasteiger partial charge on any atom is 0.407 e. The molecule has 1 rings (SSSR count). The van der Waals surface area contributed by atoms with Gasteiger partial charge in [-0.1, -0.05) is 29.8 Å². The zero-order valence-electron chi connectivity index (χ0n) is 15.2. The van der Waals surface area contributed by atoms with Crippen LogP contribution in [0.5, 0.6) is 0 Å². The molecule has 3 amide bonds. The van der Waals surface area contributed by atoms with E-state index in [0.29, 0.717) is 0 Å². The van der Waals surface area contributed by atoms with E-state index in [1.807, 2.05) is 13.8 Å². The van der Waals surface area contributed by atoms with Crippen LogP contribution in [0, 0.1) is 5.92 Å². The summed E-state index contributed by atoms with van der Waals surface area (Å²) in [4.78, 5) is 43.3. The van der Waals surface area contributed by atoms with E-state index in [2.05, 4.69) is 31.0 Å². The zero-order chi connectivity index (χ0) is 19.3. The van der Waals surface area contributed by atoms with Gasteiger partial charge in [0.25, 0.3) is 0 Å². The van der Waals surface area contributed by atoms with E-state index in [4.69, 9.17) is 5.73 Å². The van der Waals surface area contributed by atoms with Crippen molar-refractivity contribution < 1.29 is 19.1 Å². The SMILES string of the molecule is COC(=O)N[C@H](C(=O)N1CN(C(C)=O)C[C@H]1C(N)=NC(C)Br)C(C)C. The van der Waals surface area contributed by atoms with Crippen molar-refractivity contribution in [3.8, 4) is 0 Å². The number of aliphatic imine (C=N–C) groups is 1. The number of nitrogens with one attached hydrogen (secondary N) is 1. The van der Waals surface area contributed by atoms with Gasteiger partial charge in [-0.2, -0.15) is 0 Å². The number of nitrogens with zero attached hydrogens (tertiary/aromatic N) is 3. The van der Waals surface area contributed by atoms with Gasteiger partial charge in [0.1, 0.15) is 22.9 Å². The maximum atomic E-state index is 13.0. The highest BCUT2D eigenvalue weighted by Crippen LogP contribution is 2.18. The van der Waals surface area contributed by atoms with Gasteiger partial charge in [-0.25, -0.2) is 4.79 Å². The summed E-state index contributed by atoms with van der Waals surface area (Å²) >= 11 is 3.29. The molecule has 0 spiro atoms. The standard InChI is InChI=1S/C15H26BrN5O4/c1-8(2)12(19-15(24)25-5)14(23)21-7-20(10(4)22)6-11(21)13(17)18-9(3)16/h8-9,11-12H,6-7H2,1-5H3,(H2,17,18)(H,19,24)/t9?,11-,12-/m0/s1. The smallest absolute Gasteiger partial charge is 0.407 e. The van der Waals surface area contributed by atoms with Gasteiger partial charge in [-0.05, 0) is 12.8 Å². The maximum absolute atomic E-state index is 13.0. The van der Waals surface area contributed by atoms with Gasteiger partial charge in [-0.15, -0.1) is 0 Å². The summed E-state index contributed by atoms with van der Waals surface area (Å²) in [5, 5.41) is 2.54. The summed E-state index contributed by atoms with van der Waals surface area (Å²) in [6.45, 7) is 7.20. The molecule has 3 atom stereocenters. The molecule has 1 saturated heterocycles. The molecule has 3 N–H and O–H groups in total. The van der Waals surface area contributed by atoms with Gasteiger partial charge < -0.3 is 25.6 Å². The quantitative estimate of drug-likeness (QED) is 0.290. The minimum atomic E-state index is -0.795. The van der Waals surface area contributed by atoms with Crippen LogP contribution >= 0.6 is 15.9 Å². The van der Waals surface area contributed by atoms with Crippen molar-refractivity contribution >= 4 is 39.7 Å². The lowest BCUT2D eigenvalue weighted by Crippen LogP contribution is -2.55. The summed E-state index contributed by atoms with van der Waals surface area (Å²) < 4.78 is 4.59. The third-order valence-corrected chi connectivity index (χ3v) is 4.09. The third kappa shape index (κ3) is 5.58. The average molecular weight is 420 g/mol. The van der Waals surface area contributed by atoms with Crippen LogP contribution in [-0.4, -0.2) is 70.9 Å². The fourth-order valence-electron chi connectivity index (χ4n) is 2.52. The lowest BCUT2D eigenvalue weighted by Gasteiger charge is -2.29. The van der Waals surface area contributed by atoms with Gasteiger partial charge in [0, 0.05) is 6.92 Å². The molecular formula is C15H26BrN5O4. The minimum Gasteiger partial charge on any atom is -0.453 e. The molecular weight excluding hydrogens is 394 g/mol. The van der Waals surface area contributed by atoms with Gasteiger partial charge in [0.15, 0.2) is 0 Å². The molecule has 1 fully saturated rings. The largest absolute Gasteiger partial charge is 0.453 e.